The normalized spacial score (nSPS) is 14.5. The van der Waals surface area contributed by atoms with Crippen LogP contribution in [0.25, 0.3) is 0 Å². The smallest absolute Gasteiger partial charge is 0.428 e. The Hall–Kier alpha value is -1.93. The highest BCUT2D eigenvalue weighted by atomic mass is 32.2. The lowest BCUT2D eigenvalue weighted by Gasteiger charge is -2.32. The molecule has 144 valence electrons. The number of alkyl halides is 9. The van der Waals surface area contributed by atoms with Gasteiger partial charge in [0.2, 0.25) is 0 Å². The molecular formula is C10H5F9O5S. The zero-order valence-corrected chi connectivity index (χ0v) is 12.3. The van der Waals surface area contributed by atoms with Gasteiger partial charge < -0.3 is 8.60 Å². The molecule has 0 aliphatic carbocycles. The standard InChI is InChI=1S/C10H5F9O5S/c1-4-2-5(3-6(20)23-4)24-25(21,22)10(18,19)8(13,14)7(11,12)9(15,16)17/h2-3H,1H3. The maximum Gasteiger partial charge on any atom is 0.460 e. The molecule has 0 radical (unpaired) electrons. The highest BCUT2D eigenvalue weighted by Gasteiger charge is 2.86. The predicted octanol–water partition coefficient (Wildman–Crippen LogP) is 3.08. The molecule has 0 saturated carbocycles. The second kappa shape index (κ2) is 5.81. The first kappa shape index (κ1) is 21.1. The molecule has 0 N–H and O–H groups in total. The van der Waals surface area contributed by atoms with Crippen molar-refractivity contribution in [2.24, 2.45) is 0 Å². The average Bonchev–Trinajstić information content (AvgIpc) is 2.34. The summed E-state index contributed by atoms with van der Waals surface area (Å²) in [5.41, 5.74) is -1.40. The van der Waals surface area contributed by atoms with Crippen LogP contribution in [0.5, 0.6) is 5.75 Å². The van der Waals surface area contributed by atoms with E-state index in [1.165, 1.54) is 0 Å². The van der Waals surface area contributed by atoms with Crippen molar-refractivity contribution in [3.05, 3.63) is 28.3 Å². The number of aryl methyl sites for hydroxylation is 1. The Morgan fingerprint density at radius 3 is 1.80 bits per heavy atom. The summed E-state index contributed by atoms with van der Waals surface area (Å²) in [6.45, 7) is 0.964. The van der Waals surface area contributed by atoms with Crippen LogP contribution in [0.2, 0.25) is 0 Å². The molecule has 1 heterocycles. The molecular weight excluding hydrogens is 403 g/mol. The van der Waals surface area contributed by atoms with E-state index in [4.69, 9.17) is 0 Å². The van der Waals surface area contributed by atoms with Crippen LogP contribution in [0.3, 0.4) is 0 Å². The minimum absolute atomic E-state index is 0.0562. The Labute approximate surface area is 132 Å². The van der Waals surface area contributed by atoms with Gasteiger partial charge in [0.25, 0.3) is 0 Å². The number of rotatable bonds is 5. The van der Waals surface area contributed by atoms with E-state index in [-0.39, 0.29) is 6.07 Å². The summed E-state index contributed by atoms with van der Waals surface area (Å²) in [6.07, 6.45) is -7.19. The van der Waals surface area contributed by atoms with Gasteiger partial charge in [-0.2, -0.15) is 47.9 Å². The highest BCUT2D eigenvalue weighted by molar-refractivity contribution is 7.88. The van der Waals surface area contributed by atoms with Crippen molar-refractivity contribution in [2.45, 2.75) is 30.2 Å². The summed E-state index contributed by atoms with van der Waals surface area (Å²) < 4.78 is 144. The van der Waals surface area contributed by atoms with E-state index in [1.807, 2.05) is 0 Å². The van der Waals surface area contributed by atoms with Crippen molar-refractivity contribution in [3.63, 3.8) is 0 Å². The molecule has 0 aliphatic rings. The van der Waals surface area contributed by atoms with E-state index in [9.17, 15) is 52.7 Å². The molecule has 15 heteroatoms. The summed E-state index contributed by atoms with van der Waals surface area (Å²) in [6, 6.07) is 0.468. The average molecular weight is 408 g/mol. The van der Waals surface area contributed by atoms with Crippen LogP contribution in [0.15, 0.2) is 21.3 Å². The van der Waals surface area contributed by atoms with Gasteiger partial charge in [0.05, 0.1) is 6.07 Å². The second-order valence-electron chi connectivity index (χ2n) is 4.42. The van der Waals surface area contributed by atoms with Gasteiger partial charge in [0.1, 0.15) is 5.76 Å². The molecule has 0 aliphatic heterocycles. The lowest BCUT2D eigenvalue weighted by molar-refractivity contribution is -0.382. The molecule has 0 spiro atoms. The zero-order chi connectivity index (χ0) is 20.1. The zero-order valence-electron chi connectivity index (χ0n) is 11.5. The van der Waals surface area contributed by atoms with Crippen molar-refractivity contribution < 1.29 is 56.5 Å². The van der Waals surface area contributed by atoms with Gasteiger partial charge in [0.15, 0.2) is 5.75 Å². The molecule has 25 heavy (non-hydrogen) atoms. The quantitative estimate of drug-likeness (QED) is 0.553. The van der Waals surface area contributed by atoms with Crippen LogP contribution >= 0.6 is 0 Å². The maximum atomic E-state index is 13.3. The fourth-order valence-electron chi connectivity index (χ4n) is 1.32. The minimum Gasteiger partial charge on any atom is -0.428 e. The summed E-state index contributed by atoms with van der Waals surface area (Å²) in [7, 11) is -7.09. The van der Waals surface area contributed by atoms with E-state index in [2.05, 4.69) is 8.60 Å². The minimum atomic E-state index is -7.43. The SMILES string of the molecule is Cc1cc(OS(=O)(=O)C(F)(F)C(F)(F)C(F)(F)C(F)(F)F)cc(=O)o1. The lowest BCUT2D eigenvalue weighted by atomic mass is 10.1. The van der Waals surface area contributed by atoms with Crippen LogP contribution < -0.4 is 9.81 Å². The largest absolute Gasteiger partial charge is 0.460 e. The topological polar surface area (TPSA) is 73.6 Å². The van der Waals surface area contributed by atoms with Gasteiger partial charge >= 0.3 is 39.0 Å². The van der Waals surface area contributed by atoms with Crippen LogP contribution in [-0.2, 0) is 10.1 Å². The van der Waals surface area contributed by atoms with Crippen LogP contribution in [0.1, 0.15) is 5.76 Å². The lowest BCUT2D eigenvalue weighted by Crippen LogP contribution is -2.63. The van der Waals surface area contributed by atoms with Crippen molar-refractivity contribution >= 4 is 10.1 Å². The molecule has 0 amide bonds. The van der Waals surface area contributed by atoms with E-state index in [0.29, 0.717) is 6.07 Å². The van der Waals surface area contributed by atoms with E-state index in [1.54, 1.807) is 0 Å². The molecule has 0 fully saturated rings. The first-order valence-corrected chi connectivity index (χ1v) is 7.03. The van der Waals surface area contributed by atoms with Crippen LogP contribution in [0, 0.1) is 6.92 Å². The van der Waals surface area contributed by atoms with Gasteiger partial charge in [-0.05, 0) is 6.92 Å². The van der Waals surface area contributed by atoms with Gasteiger partial charge in [-0.1, -0.05) is 0 Å². The van der Waals surface area contributed by atoms with Gasteiger partial charge in [-0.15, -0.1) is 0 Å². The third kappa shape index (κ3) is 3.41. The first-order chi connectivity index (χ1) is 10.9. The van der Waals surface area contributed by atoms with Crippen molar-refractivity contribution in [2.75, 3.05) is 0 Å². The van der Waals surface area contributed by atoms with Gasteiger partial charge in [-0.3, -0.25) is 0 Å². The molecule has 0 saturated heterocycles. The Morgan fingerprint density at radius 1 is 0.920 bits per heavy atom. The van der Waals surface area contributed by atoms with E-state index >= 15 is 0 Å². The van der Waals surface area contributed by atoms with Gasteiger partial charge in [-0.25, -0.2) is 4.79 Å². The summed E-state index contributed by atoms with van der Waals surface area (Å²) >= 11 is 0. The summed E-state index contributed by atoms with van der Waals surface area (Å²) in [5.74, 6) is -16.7. The Bertz CT molecular complexity index is 809. The molecule has 1 aromatic heterocycles. The molecule has 0 atom stereocenters. The van der Waals surface area contributed by atoms with E-state index < -0.39 is 50.5 Å². The fraction of sp³-hybridized carbons (Fsp3) is 0.500. The molecule has 0 unspecified atom stereocenters. The molecule has 1 aromatic rings. The third-order valence-corrected chi connectivity index (χ3v) is 3.80. The molecule has 0 aromatic carbocycles. The summed E-state index contributed by atoms with van der Waals surface area (Å²) in [4.78, 5) is 10.9. The summed E-state index contributed by atoms with van der Waals surface area (Å²) in [5, 5.41) is -7.01. The molecule has 1 rings (SSSR count). The van der Waals surface area contributed by atoms with Gasteiger partial charge in [0, 0.05) is 6.07 Å². The molecule has 5 nitrogen and oxygen atoms in total. The number of hydrogen-bond acceptors (Lipinski definition) is 5. The third-order valence-electron chi connectivity index (χ3n) is 2.50. The molecule has 0 bridgehead atoms. The van der Waals surface area contributed by atoms with Crippen molar-refractivity contribution in [1.82, 2.24) is 0 Å². The van der Waals surface area contributed by atoms with Crippen molar-refractivity contribution in [3.8, 4) is 5.75 Å². The highest BCUT2D eigenvalue weighted by Crippen LogP contribution is 2.54. The van der Waals surface area contributed by atoms with Crippen LogP contribution in [-0.4, -0.2) is 31.7 Å². The first-order valence-electron chi connectivity index (χ1n) is 5.63. The number of halogens is 9. The van der Waals surface area contributed by atoms with Crippen molar-refractivity contribution in [1.29, 1.82) is 0 Å². The Kier molecular flexibility index (Phi) is 4.91. The Balaban J connectivity index is 3.41. The maximum absolute atomic E-state index is 13.3. The fourth-order valence-corrected chi connectivity index (χ4v) is 2.22. The van der Waals surface area contributed by atoms with Crippen LogP contribution in [0.4, 0.5) is 39.5 Å². The number of hydrogen-bond donors (Lipinski definition) is 0. The predicted molar refractivity (Wildman–Crippen MR) is 60.2 cm³/mol. The van der Waals surface area contributed by atoms with E-state index in [0.717, 1.165) is 6.92 Å². The second-order valence-corrected chi connectivity index (χ2v) is 6.01. The monoisotopic (exact) mass is 408 g/mol. The Morgan fingerprint density at radius 2 is 1.40 bits per heavy atom.